The molecular weight excluding hydrogens is 436 g/mol. The maximum Gasteiger partial charge on any atom is 0.326 e. The van der Waals surface area contributed by atoms with Gasteiger partial charge in [-0.1, -0.05) is 64.4 Å². The highest BCUT2D eigenvalue weighted by Crippen LogP contribution is 2.20. The monoisotopic (exact) mass is 474 g/mol. The second-order valence-electron chi connectivity index (χ2n) is 9.42. The summed E-state index contributed by atoms with van der Waals surface area (Å²) in [7, 11) is 0. The molecule has 1 aromatic carbocycles. The first-order valence-corrected chi connectivity index (χ1v) is 12.0. The minimum atomic E-state index is -1.05. The second kappa shape index (κ2) is 12.5. The summed E-state index contributed by atoms with van der Waals surface area (Å²) in [6, 6.07) is 5.76. The van der Waals surface area contributed by atoms with Crippen LogP contribution in [0.3, 0.4) is 0 Å². The van der Waals surface area contributed by atoms with Gasteiger partial charge in [0.1, 0.15) is 18.1 Å². The molecule has 5 atom stereocenters. The Balaban J connectivity index is 2.22. The molecule has 2 rings (SSSR count). The summed E-state index contributed by atoms with van der Waals surface area (Å²) in [5.41, 5.74) is 6.92. The molecule has 3 amide bonds. The van der Waals surface area contributed by atoms with Gasteiger partial charge in [-0.15, -0.1) is 0 Å². The molecule has 0 bridgehead atoms. The molecule has 0 radical (unpaired) electrons. The van der Waals surface area contributed by atoms with Gasteiger partial charge in [0.15, 0.2) is 0 Å². The molecule has 1 fully saturated rings. The number of nitrogens with two attached hydrogens (primary N) is 1. The highest BCUT2D eigenvalue weighted by molar-refractivity contribution is 5.94. The molecule has 1 aliphatic heterocycles. The van der Waals surface area contributed by atoms with E-state index in [1.54, 1.807) is 13.8 Å². The number of nitrogens with zero attached hydrogens (tertiary/aromatic N) is 1. The van der Waals surface area contributed by atoms with Gasteiger partial charge in [-0.3, -0.25) is 14.4 Å². The molecule has 1 aromatic rings. The van der Waals surface area contributed by atoms with Gasteiger partial charge in [0.2, 0.25) is 17.7 Å². The molecule has 0 saturated carbocycles. The van der Waals surface area contributed by atoms with Crippen molar-refractivity contribution in [2.75, 3.05) is 6.54 Å². The number of hydrogen-bond acceptors (Lipinski definition) is 5. The van der Waals surface area contributed by atoms with Crippen molar-refractivity contribution in [3.8, 4) is 0 Å². The topological polar surface area (TPSA) is 142 Å². The summed E-state index contributed by atoms with van der Waals surface area (Å²) in [6.07, 6.45) is 1.93. The van der Waals surface area contributed by atoms with Crippen LogP contribution >= 0.6 is 0 Å². The highest BCUT2D eigenvalue weighted by atomic mass is 16.4. The van der Waals surface area contributed by atoms with Crippen LogP contribution in [0.4, 0.5) is 0 Å². The summed E-state index contributed by atoms with van der Waals surface area (Å²) in [6.45, 7) is 7.73. The highest BCUT2D eigenvalue weighted by Gasteiger charge is 2.39. The normalized spacial score (nSPS) is 19.2. The molecule has 34 heavy (non-hydrogen) atoms. The third-order valence-electron chi connectivity index (χ3n) is 6.53. The number of carboxylic acid groups (broad SMARTS) is 1. The van der Waals surface area contributed by atoms with E-state index in [1.165, 1.54) is 4.90 Å². The van der Waals surface area contributed by atoms with Crippen molar-refractivity contribution < 1.29 is 24.3 Å². The van der Waals surface area contributed by atoms with Gasteiger partial charge < -0.3 is 26.4 Å². The predicted molar refractivity (Wildman–Crippen MR) is 129 cm³/mol. The molecule has 0 aliphatic carbocycles. The van der Waals surface area contributed by atoms with Crippen LogP contribution in [-0.4, -0.2) is 64.4 Å². The first-order chi connectivity index (χ1) is 16.1. The van der Waals surface area contributed by atoms with Gasteiger partial charge in [0.05, 0.1) is 6.04 Å². The lowest BCUT2D eigenvalue weighted by Crippen LogP contribution is -2.59. The first kappa shape index (κ1) is 27.3. The van der Waals surface area contributed by atoms with Gasteiger partial charge in [0.25, 0.3) is 0 Å². The number of nitrogens with one attached hydrogen (secondary N) is 2. The van der Waals surface area contributed by atoms with E-state index in [1.807, 2.05) is 44.2 Å². The van der Waals surface area contributed by atoms with E-state index < -0.39 is 47.9 Å². The van der Waals surface area contributed by atoms with Gasteiger partial charge in [-0.2, -0.15) is 0 Å². The van der Waals surface area contributed by atoms with Crippen molar-refractivity contribution >= 4 is 23.7 Å². The Morgan fingerprint density at radius 3 is 2.29 bits per heavy atom. The number of amides is 3. The number of carbonyl (C=O) groups is 4. The average molecular weight is 475 g/mol. The zero-order chi connectivity index (χ0) is 25.4. The van der Waals surface area contributed by atoms with E-state index in [0.29, 0.717) is 25.8 Å². The standard InChI is InChI=1S/C25H38N4O5/c1-5-16(4)20(26)23(31)27-18(14-17-10-7-6-8-11-17)22(30)28-21(15(2)3)24(32)29-13-9-12-19(29)25(33)34/h6-8,10-11,15-16,18-21H,5,9,12-14,26H2,1-4H3,(H,27,31)(H,28,30)(H,33,34). The smallest absolute Gasteiger partial charge is 0.326 e. The lowest BCUT2D eigenvalue weighted by atomic mass is 9.97. The number of aliphatic carboxylic acids is 1. The molecule has 1 heterocycles. The Labute approximate surface area is 201 Å². The number of likely N-dealkylation sites (tertiary alicyclic amines) is 1. The SMILES string of the molecule is CCC(C)C(N)C(=O)NC(Cc1ccccc1)C(=O)NC(C(=O)N1CCCC1C(=O)O)C(C)C. The molecule has 5 N–H and O–H groups in total. The third kappa shape index (κ3) is 7.03. The number of benzene rings is 1. The fourth-order valence-corrected chi connectivity index (χ4v) is 4.07. The van der Waals surface area contributed by atoms with Crippen molar-refractivity contribution in [3.05, 3.63) is 35.9 Å². The van der Waals surface area contributed by atoms with Crippen LogP contribution in [0.15, 0.2) is 30.3 Å². The van der Waals surface area contributed by atoms with Crippen molar-refractivity contribution in [1.82, 2.24) is 15.5 Å². The van der Waals surface area contributed by atoms with Gasteiger partial charge in [-0.25, -0.2) is 4.79 Å². The largest absolute Gasteiger partial charge is 0.480 e. The van der Waals surface area contributed by atoms with E-state index in [4.69, 9.17) is 5.73 Å². The van der Waals surface area contributed by atoms with E-state index in [0.717, 1.165) is 5.56 Å². The Hall–Kier alpha value is -2.94. The quantitative estimate of drug-likeness (QED) is 0.381. The fraction of sp³-hybridized carbons (Fsp3) is 0.600. The zero-order valence-electron chi connectivity index (χ0n) is 20.5. The first-order valence-electron chi connectivity index (χ1n) is 12.0. The molecule has 1 saturated heterocycles. The summed E-state index contributed by atoms with van der Waals surface area (Å²) < 4.78 is 0. The Bertz CT molecular complexity index is 860. The summed E-state index contributed by atoms with van der Waals surface area (Å²) in [5, 5.41) is 15.0. The van der Waals surface area contributed by atoms with E-state index >= 15 is 0 Å². The summed E-state index contributed by atoms with van der Waals surface area (Å²) in [5.74, 6) is -2.74. The van der Waals surface area contributed by atoms with Crippen molar-refractivity contribution in [1.29, 1.82) is 0 Å². The number of hydrogen-bond donors (Lipinski definition) is 4. The molecular formula is C25H38N4O5. The van der Waals surface area contributed by atoms with E-state index in [2.05, 4.69) is 10.6 Å². The van der Waals surface area contributed by atoms with Crippen molar-refractivity contribution in [2.45, 2.75) is 77.5 Å². The fourth-order valence-electron chi connectivity index (χ4n) is 4.07. The molecule has 9 heteroatoms. The van der Waals surface area contributed by atoms with Crippen LogP contribution in [0.25, 0.3) is 0 Å². The molecule has 9 nitrogen and oxygen atoms in total. The lowest BCUT2D eigenvalue weighted by Gasteiger charge is -2.31. The number of carbonyl (C=O) groups excluding carboxylic acids is 3. The molecule has 1 aliphatic rings. The molecule has 188 valence electrons. The maximum atomic E-state index is 13.3. The lowest BCUT2D eigenvalue weighted by molar-refractivity contribution is -0.150. The van der Waals surface area contributed by atoms with Gasteiger partial charge >= 0.3 is 5.97 Å². The maximum absolute atomic E-state index is 13.3. The van der Waals surface area contributed by atoms with Crippen LogP contribution in [-0.2, 0) is 25.6 Å². The van der Waals surface area contributed by atoms with E-state index in [9.17, 15) is 24.3 Å². The minimum absolute atomic E-state index is 0.0615. The second-order valence-corrected chi connectivity index (χ2v) is 9.42. The van der Waals surface area contributed by atoms with Gasteiger partial charge in [-0.05, 0) is 30.2 Å². The van der Waals surface area contributed by atoms with E-state index in [-0.39, 0.29) is 18.3 Å². The average Bonchev–Trinajstić information content (AvgIpc) is 3.31. The van der Waals surface area contributed by atoms with Crippen LogP contribution < -0.4 is 16.4 Å². The molecule has 5 unspecified atom stereocenters. The van der Waals surface area contributed by atoms with Crippen LogP contribution in [0.1, 0.15) is 52.5 Å². The van der Waals surface area contributed by atoms with Crippen LogP contribution in [0.2, 0.25) is 0 Å². The minimum Gasteiger partial charge on any atom is -0.480 e. The van der Waals surface area contributed by atoms with Gasteiger partial charge in [0, 0.05) is 13.0 Å². The van der Waals surface area contributed by atoms with Crippen LogP contribution in [0.5, 0.6) is 0 Å². The van der Waals surface area contributed by atoms with Crippen molar-refractivity contribution in [3.63, 3.8) is 0 Å². The predicted octanol–water partition coefficient (Wildman–Crippen LogP) is 1.30. The Morgan fingerprint density at radius 2 is 1.74 bits per heavy atom. The molecule has 0 spiro atoms. The summed E-state index contributed by atoms with van der Waals surface area (Å²) in [4.78, 5) is 52.2. The third-order valence-corrected chi connectivity index (χ3v) is 6.53. The van der Waals surface area contributed by atoms with Crippen LogP contribution in [0, 0.1) is 11.8 Å². The van der Waals surface area contributed by atoms with Crippen molar-refractivity contribution in [2.24, 2.45) is 17.6 Å². The summed E-state index contributed by atoms with van der Waals surface area (Å²) >= 11 is 0. The number of rotatable bonds is 11. The molecule has 0 aromatic heterocycles. The Morgan fingerprint density at radius 1 is 1.09 bits per heavy atom. The Kier molecular flexibility index (Phi) is 10.0. The number of carboxylic acids is 1. The zero-order valence-corrected chi connectivity index (χ0v) is 20.5.